The van der Waals surface area contributed by atoms with E-state index in [0.717, 1.165) is 5.69 Å². The number of anilines is 1. The van der Waals surface area contributed by atoms with Gasteiger partial charge in [-0.25, -0.2) is 0 Å². The molecule has 4 nitrogen and oxygen atoms in total. The average molecular weight is 251 g/mol. The number of nitrogens with zero attached hydrogens (tertiary/aromatic N) is 1. The van der Waals surface area contributed by atoms with Gasteiger partial charge >= 0.3 is 0 Å². The number of carbonyl (C=O) groups is 1. The molecule has 1 rings (SSSR count). The number of carbonyl (C=O) groups excluding carboxylic acids is 1. The second kappa shape index (κ2) is 5.40. The Balaban J connectivity index is 3.01. The molecule has 0 aliphatic rings. The number of aliphatic hydroxyl groups is 1. The summed E-state index contributed by atoms with van der Waals surface area (Å²) in [5.41, 5.74) is 0.297. The van der Waals surface area contributed by atoms with E-state index in [9.17, 15) is 15.0 Å². The molecule has 0 saturated heterocycles. The van der Waals surface area contributed by atoms with Crippen LogP contribution in [0.5, 0.6) is 5.75 Å². The molecule has 4 heteroatoms. The first-order valence-corrected chi connectivity index (χ1v) is 6.06. The molecule has 0 aliphatic carbocycles. The van der Waals surface area contributed by atoms with Gasteiger partial charge in [0, 0.05) is 24.8 Å². The molecule has 2 N–H and O–H groups in total. The molecule has 0 heterocycles. The third-order valence-electron chi connectivity index (χ3n) is 2.69. The molecular weight excluding hydrogens is 230 g/mol. The van der Waals surface area contributed by atoms with Crippen molar-refractivity contribution in [2.75, 3.05) is 18.0 Å². The van der Waals surface area contributed by atoms with Crippen molar-refractivity contribution in [3.63, 3.8) is 0 Å². The average Bonchev–Trinajstić information content (AvgIpc) is 2.24. The van der Waals surface area contributed by atoms with Gasteiger partial charge in [0.25, 0.3) is 0 Å². The fourth-order valence-corrected chi connectivity index (χ4v) is 1.87. The van der Waals surface area contributed by atoms with Crippen molar-refractivity contribution < 1.29 is 15.0 Å². The van der Waals surface area contributed by atoms with Crippen LogP contribution in [-0.4, -0.2) is 34.7 Å². The van der Waals surface area contributed by atoms with E-state index in [4.69, 9.17) is 0 Å². The van der Waals surface area contributed by atoms with E-state index in [1.54, 1.807) is 32.0 Å². The second-order valence-corrected chi connectivity index (χ2v) is 5.08. The van der Waals surface area contributed by atoms with E-state index in [0.29, 0.717) is 18.7 Å². The lowest BCUT2D eigenvalue weighted by Gasteiger charge is -2.30. The molecule has 100 valence electrons. The number of benzene rings is 1. The standard InChI is InChI=1S/C14H21NO3/c1-5-15(9-14(3,4)18)11-6-7-12(10(2)16)13(17)8-11/h6-8,17-18H,5,9H2,1-4H3. The first-order chi connectivity index (χ1) is 8.24. The van der Waals surface area contributed by atoms with Crippen LogP contribution in [0.3, 0.4) is 0 Å². The molecule has 0 atom stereocenters. The summed E-state index contributed by atoms with van der Waals surface area (Å²) < 4.78 is 0. The SMILES string of the molecule is CCN(CC(C)(C)O)c1ccc(C(C)=O)c(O)c1. The molecule has 0 unspecified atom stereocenters. The Morgan fingerprint density at radius 1 is 1.39 bits per heavy atom. The van der Waals surface area contributed by atoms with Gasteiger partial charge in [-0.3, -0.25) is 4.79 Å². The van der Waals surface area contributed by atoms with Crippen molar-refractivity contribution in [2.45, 2.75) is 33.3 Å². The van der Waals surface area contributed by atoms with Crippen LogP contribution in [0.25, 0.3) is 0 Å². The Morgan fingerprint density at radius 2 is 2.00 bits per heavy atom. The van der Waals surface area contributed by atoms with Gasteiger partial charge in [-0.2, -0.15) is 0 Å². The Labute approximate surface area is 108 Å². The van der Waals surface area contributed by atoms with E-state index in [-0.39, 0.29) is 11.5 Å². The number of likely N-dealkylation sites (N-methyl/N-ethyl adjacent to an activating group) is 1. The van der Waals surface area contributed by atoms with Crippen LogP contribution in [0.2, 0.25) is 0 Å². The van der Waals surface area contributed by atoms with Gasteiger partial charge in [0.1, 0.15) is 5.75 Å². The van der Waals surface area contributed by atoms with Gasteiger partial charge in [0.2, 0.25) is 0 Å². The maximum atomic E-state index is 11.2. The van der Waals surface area contributed by atoms with Crippen LogP contribution in [0.4, 0.5) is 5.69 Å². The summed E-state index contributed by atoms with van der Waals surface area (Å²) in [5.74, 6) is -0.182. The highest BCUT2D eigenvalue weighted by Gasteiger charge is 2.18. The van der Waals surface area contributed by atoms with Crippen molar-refractivity contribution in [3.8, 4) is 5.75 Å². The number of Topliss-reactive ketones (excluding diaryl/α,β-unsaturated/α-hetero) is 1. The van der Waals surface area contributed by atoms with E-state index in [1.165, 1.54) is 6.92 Å². The topological polar surface area (TPSA) is 60.8 Å². The van der Waals surface area contributed by atoms with Crippen molar-refractivity contribution in [1.29, 1.82) is 0 Å². The third kappa shape index (κ3) is 3.74. The molecule has 0 saturated carbocycles. The van der Waals surface area contributed by atoms with Crippen molar-refractivity contribution in [1.82, 2.24) is 0 Å². The van der Waals surface area contributed by atoms with Crippen LogP contribution in [0.1, 0.15) is 38.1 Å². The normalized spacial score (nSPS) is 11.4. The lowest BCUT2D eigenvalue weighted by molar-refractivity contribution is 0.0875. The highest BCUT2D eigenvalue weighted by Crippen LogP contribution is 2.26. The Kier molecular flexibility index (Phi) is 4.35. The zero-order valence-corrected chi connectivity index (χ0v) is 11.4. The minimum Gasteiger partial charge on any atom is -0.507 e. The van der Waals surface area contributed by atoms with Gasteiger partial charge in [-0.15, -0.1) is 0 Å². The number of hydrogen-bond donors (Lipinski definition) is 2. The highest BCUT2D eigenvalue weighted by atomic mass is 16.3. The van der Waals surface area contributed by atoms with Crippen molar-refractivity contribution in [2.24, 2.45) is 0 Å². The Morgan fingerprint density at radius 3 is 2.39 bits per heavy atom. The fourth-order valence-electron chi connectivity index (χ4n) is 1.87. The molecule has 18 heavy (non-hydrogen) atoms. The fraction of sp³-hybridized carbons (Fsp3) is 0.500. The molecule has 1 aromatic carbocycles. The molecule has 0 amide bonds. The number of rotatable bonds is 5. The molecular formula is C14H21NO3. The summed E-state index contributed by atoms with van der Waals surface area (Å²) >= 11 is 0. The minimum absolute atomic E-state index is 0.0193. The van der Waals surface area contributed by atoms with Crippen LogP contribution >= 0.6 is 0 Å². The number of ketones is 1. The molecule has 0 radical (unpaired) electrons. The van der Waals surface area contributed by atoms with E-state index < -0.39 is 5.60 Å². The van der Waals surface area contributed by atoms with Gasteiger partial charge in [-0.05, 0) is 39.8 Å². The molecule has 1 aromatic rings. The first-order valence-electron chi connectivity index (χ1n) is 6.06. The van der Waals surface area contributed by atoms with Gasteiger partial charge in [-0.1, -0.05) is 0 Å². The smallest absolute Gasteiger partial charge is 0.163 e. The third-order valence-corrected chi connectivity index (χ3v) is 2.69. The molecule has 0 bridgehead atoms. The predicted octanol–water partition coefficient (Wildman–Crippen LogP) is 2.19. The van der Waals surface area contributed by atoms with Crippen molar-refractivity contribution >= 4 is 11.5 Å². The van der Waals surface area contributed by atoms with Gasteiger partial charge < -0.3 is 15.1 Å². The maximum absolute atomic E-state index is 11.2. The van der Waals surface area contributed by atoms with Crippen LogP contribution in [0.15, 0.2) is 18.2 Å². The second-order valence-electron chi connectivity index (χ2n) is 5.08. The monoisotopic (exact) mass is 251 g/mol. The quantitative estimate of drug-likeness (QED) is 0.787. The van der Waals surface area contributed by atoms with Crippen molar-refractivity contribution in [3.05, 3.63) is 23.8 Å². The summed E-state index contributed by atoms with van der Waals surface area (Å²) in [6, 6.07) is 4.96. The van der Waals surface area contributed by atoms with Gasteiger partial charge in [0.15, 0.2) is 5.78 Å². The molecule has 0 spiro atoms. The Hall–Kier alpha value is -1.55. The zero-order chi connectivity index (χ0) is 13.9. The van der Waals surface area contributed by atoms with E-state index in [1.807, 2.05) is 11.8 Å². The minimum atomic E-state index is -0.815. The van der Waals surface area contributed by atoms with E-state index >= 15 is 0 Å². The largest absolute Gasteiger partial charge is 0.507 e. The summed E-state index contributed by atoms with van der Waals surface area (Å²) in [6.07, 6.45) is 0. The predicted molar refractivity (Wildman–Crippen MR) is 72.3 cm³/mol. The summed E-state index contributed by atoms with van der Waals surface area (Å²) in [4.78, 5) is 13.2. The summed E-state index contributed by atoms with van der Waals surface area (Å²) in [6.45, 7) is 8.04. The van der Waals surface area contributed by atoms with Crippen LogP contribution in [0, 0.1) is 0 Å². The maximum Gasteiger partial charge on any atom is 0.163 e. The molecule has 0 aliphatic heterocycles. The van der Waals surface area contributed by atoms with Crippen LogP contribution in [-0.2, 0) is 0 Å². The number of phenols is 1. The molecule has 0 fully saturated rings. The lowest BCUT2D eigenvalue weighted by atomic mass is 10.1. The summed E-state index contributed by atoms with van der Waals surface area (Å²) in [7, 11) is 0. The van der Waals surface area contributed by atoms with Crippen LogP contribution < -0.4 is 4.90 Å². The lowest BCUT2D eigenvalue weighted by Crippen LogP contribution is -2.38. The molecule has 0 aromatic heterocycles. The van der Waals surface area contributed by atoms with E-state index in [2.05, 4.69) is 0 Å². The van der Waals surface area contributed by atoms with Gasteiger partial charge in [0.05, 0.1) is 11.2 Å². The summed E-state index contributed by atoms with van der Waals surface area (Å²) in [5, 5.41) is 19.6. The Bertz CT molecular complexity index is 435. The first kappa shape index (κ1) is 14.5. The number of hydrogen-bond acceptors (Lipinski definition) is 4. The number of aromatic hydroxyl groups is 1. The highest BCUT2D eigenvalue weighted by molar-refractivity contribution is 5.97. The number of phenolic OH excluding ortho intramolecular Hbond substituents is 1. The zero-order valence-electron chi connectivity index (χ0n) is 11.4.